The van der Waals surface area contributed by atoms with E-state index in [-0.39, 0.29) is 0 Å². The van der Waals surface area contributed by atoms with Gasteiger partial charge in [0.25, 0.3) is 0 Å². The van der Waals surface area contributed by atoms with Crippen molar-refractivity contribution in [2.24, 2.45) is 11.1 Å². The van der Waals surface area contributed by atoms with Crippen molar-refractivity contribution >= 4 is 34.6 Å². The molecule has 0 aromatic carbocycles. The SMILES string of the molecule is CC.CC(C)(C)OC(=O)n1ccc2c(C#CC(C)(C)C(N)=O)c(Cl)cnc21. The molecule has 2 heterocycles. The second kappa shape index (κ2) is 8.45. The molecule has 2 N–H and O–H groups in total. The molecule has 0 aliphatic carbocycles. The van der Waals surface area contributed by atoms with Gasteiger partial charge in [0, 0.05) is 17.8 Å². The van der Waals surface area contributed by atoms with Gasteiger partial charge in [0.15, 0.2) is 5.65 Å². The normalized spacial score (nSPS) is 11.1. The number of aromatic nitrogens is 2. The van der Waals surface area contributed by atoms with Gasteiger partial charge in [-0.1, -0.05) is 37.3 Å². The topological polar surface area (TPSA) is 87.2 Å². The number of nitrogens with zero attached hydrogens (tertiary/aromatic N) is 2. The maximum absolute atomic E-state index is 12.3. The molecule has 1 amide bonds. The molecular weight excluding hydrogens is 366 g/mol. The largest absolute Gasteiger partial charge is 0.443 e. The number of pyridine rings is 1. The van der Waals surface area contributed by atoms with E-state index in [1.165, 1.54) is 10.8 Å². The third-order valence-corrected chi connectivity index (χ3v) is 3.66. The van der Waals surface area contributed by atoms with Crippen LogP contribution in [0.2, 0.25) is 5.02 Å². The first kappa shape index (κ1) is 22.5. The number of amides is 1. The van der Waals surface area contributed by atoms with Crippen LogP contribution in [0.25, 0.3) is 11.0 Å². The van der Waals surface area contributed by atoms with Crippen LogP contribution in [-0.4, -0.2) is 27.2 Å². The molecule has 0 saturated heterocycles. The van der Waals surface area contributed by atoms with E-state index in [2.05, 4.69) is 16.8 Å². The lowest BCUT2D eigenvalue weighted by Crippen LogP contribution is -2.29. The van der Waals surface area contributed by atoms with Crippen molar-refractivity contribution < 1.29 is 14.3 Å². The van der Waals surface area contributed by atoms with Crippen LogP contribution in [0.5, 0.6) is 0 Å². The van der Waals surface area contributed by atoms with Crippen LogP contribution in [0.3, 0.4) is 0 Å². The van der Waals surface area contributed by atoms with Crippen molar-refractivity contribution in [2.45, 2.75) is 54.1 Å². The number of ether oxygens (including phenoxy) is 1. The highest BCUT2D eigenvalue weighted by molar-refractivity contribution is 6.32. The fourth-order valence-corrected chi connectivity index (χ4v) is 2.13. The Labute approximate surface area is 165 Å². The zero-order valence-electron chi connectivity index (χ0n) is 16.8. The summed E-state index contributed by atoms with van der Waals surface area (Å²) in [5, 5.41) is 0.910. The summed E-state index contributed by atoms with van der Waals surface area (Å²) in [7, 11) is 0. The summed E-state index contributed by atoms with van der Waals surface area (Å²) in [5.74, 6) is 5.18. The first-order valence-corrected chi connectivity index (χ1v) is 9.02. The summed E-state index contributed by atoms with van der Waals surface area (Å²) >= 11 is 6.20. The smallest absolute Gasteiger partial charge is 0.420 e. The van der Waals surface area contributed by atoms with E-state index >= 15 is 0 Å². The van der Waals surface area contributed by atoms with Gasteiger partial charge in [-0.15, -0.1) is 0 Å². The molecule has 2 aromatic heterocycles. The first-order valence-electron chi connectivity index (χ1n) is 8.64. The van der Waals surface area contributed by atoms with Crippen LogP contribution in [0.1, 0.15) is 54.0 Å². The Hall–Kier alpha value is -2.52. The van der Waals surface area contributed by atoms with Crippen LogP contribution in [-0.2, 0) is 9.53 Å². The number of halogens is 1. The second-order valence-electron chi connectivity index (χ2n) is 7.12. The minimum atomic E-state index is -1.01. The van der Waals surface area contributed by atoms with E-state index in [9.17, 15) is 9.59 Å². The standard InChI is InChI=1S/C18H20ClN3O3.C2H6/c1-17(2,3)25-16(24)22-9-7-12-11(13(19)10-21-14(12)22)6-8-18(4,5)15(20)23;1-2/h7,9-10H,1-5H3,(H2,20,23);1-2H3. The number of hydrogen-bond acceptors (Lipinski definition) is 4. The fraction of sp³-hybridized carbons (Fsp3) is 0.450. The van der Waals surface area contributed by atoms with E-state index < -0.39 is 23.0 Å². The zero-order chi connectivity index (χ0) is 21.0. The zero-order valence-corrected chi connectivity index (χ0v) is 17.6. The second-order valence-corrected chi connectivity index (χ2v) is 7.53. The molecule has 2 rings (SSSR count). The lowest BCUT2D eigenvalue weighted by molar-refractivity contribution is -0.123. The van der Waals surface area contributed by atoms with Crippen LogP contribution in [0, 0.1) is 17.3 Å². The minimum absolute atomic E-state index is 0.321. The van der Waals surface area contributed by atoms with Gasteiger partial charge in [-0.3, -0.25) is 4.79 Å². The van der Waals surface area contributed by atoms with Crippen LogP contribution >= 0.6 is 11.6 Å². The van der Waals surface area contributed by atoms with E-state index in [4.69, 9.17) is 22.1 Å². The average Bonchev–Trinajstić information content (AvgIpc) is 2.98. The highest BCUT2D eigenvalue weighted by Gasteiger charge is 2.23. The number of carbonyl (C=O) groups excluding carboxylic acids is 2. The Morgan fingerprint density at radius 1 is 1.22 bits per heavy atom. The lowest BCUT2D eigenvalue weighted by atomic mass is 9.93. The summed E-state index contributed by atoms with van der Waals surface area (Å²) in [6.07, 6.45) is 2.41. The van der Waals surface area contributed by atoms with Gasteiger partial charge in [0.05, 0.1) is 10.6 Å². The molecule has 2 aromatic rings. The predicted octanol–water partition coefficient (Wildman–Crippen LogP) is 4.36. The van der Waals surface area contributed by atoms with Crippen molar-refractivity contribution in [3.8, 4) is 11.8 Å². The number of nitrogens with two attached hydrogens (primary N) is 1. The molecule has 0 radical (unpaired) electrons. The molecule has 0 fully saturated rings. The molecule has 0 unspecified atom stereocenters. The average molecular weight is 392 g/mol. The van der Waals surface area contributed by atoms with Gasteiger partial charge in [0.1, 0.15) is 11.0 Å². The molecule has 0 aliphatic heterocycles. The molecule has 6 nitrogen and oxygen atoms in total. The molecule has 0 spiro atoms. The summed E-state index contributed by atoms with van der Waals surface area (Å²) < 4.78 is 6.65. The van der Waals surface area contributed by atoms with E-state index in [0.717, 1.165) is 0 Å². The van der Waals surface area contributed by atoms with E-state index in [0.29, 0.717) is 21.6 Å². The monoisotopic (exact) mass is 391 g/mol. The number of fused-ring (bicyclic) bond motifs is 1. The third-order valence-electron chi connectivity index (χ3n) is 3.37. The van der Waals surface area contributed by atoms with Gasteiger partial charge in [0.2, 0.25) is 5.91 Å². The highest BCUT2D eigenvalue weighted by atomic mass is 35.5. The lowest BCUT2D eigenvalue weighted by Gasteiger charge is -2.19. The van der Waals surface area contributed by atoms with Crippen molar-refractivity contribution in [2.75, 3.05) is 0 Å². The van der Waals surface area contributed by atoms with E-state index in [1.807, 2.05) is 13.8 Å². The first-order chi connectivity index (χ1) is 12.4. The maximum atomic E-state index is 12.3. The Bertz CT molecular complexity index is 912. The summed E-state index contributed by atoms with van der Waals surface area (Å²) in [6.45, 7) is 12.6. The molecular formula is C20H26ClN3O3. The number of carbonyl (C=O) groups is 2. The minimum Gasteiger partial charge on any atom is -0.443 e. The molecule has 0 atom stereocenters. The molecule has 0 aliphatic rings. The Morgan fingerprint density at radius 3 is 2.33 bits per heavy atom. The maximum Gasteiger partial charge on any atom is 0.420 e. The summed E-state index contributed by atoms with van der Waals surface area (Å²) in [6, 6.07) is 1.68. The Kier molecular flexibility index (Phi) is 7.05. The number of hydrogen-bond donors (Lipinski definition) is 1. The number of rotatable bonds is 1. The molecule has 146 valence electrons. The summed E-state index contributed by atoms with van der Waals surface area (Å²) in [5.41, 5.74) is 4.55. The van der Waals surface area contributed by atoms with Crippen LogP contribution < -0.4 is 5.73 Å². The summed E-state index contributed by atoms with van der Waals surface area (Å²) in [4.78, 5) is 27.9. The molecule has 0 bridgehead atoms. The molecule has 0 saturated carbocycles. The van der Waals surface area contributed by atoms with Gasteiger partial charge < -0.3 is 10.5 Å². The Morgan fingerprint density at radius 2 is 1.81 bits per heavy atom. The van der Waals surface area contributed by atoms with E-state index in [1.54, 1.807) is 46.9 Å². The van der Waals surface area contributed by atoms with Gasteiger partial charge in [-0.2, -0.15) is 0 Å². The number of primary amides is 1. The highest BCUT2D eigenvalue weighted by Crippen LogP contribution is 2.26. The van der Waals surface area contributed by atoms with Gasteiger partial charge >= 0.3 is 6.09 Å². The van der Waals surface area contributed by atoms with Gasteiger partial charge in [-0.25, -0.2) is 14.3 Å². The molecule has 27 heavy (non-hydrogen) atoms. The van der Waals surface area contributed by atoms with Crippen molar-refractivity contribution in [1.82, 2.24) is 9.55 Å². The third kappa shape index (κ3) is 5.48. The van der Waals surface area contributed by atoms with Crippen LogP contribution in [0.15, 0.2) is 18.5 Å². The van der Waals surface area contributed by atoms with Gasteiger partial charge in [-0.05, 0) is 40.7 Å². The Balaban J connectivity index is 0.00000176. The molecule has 7 heteroatoms. The van der Waals surface area contributed by atoms with Crippen molar-refractivity contribution in [3.63, 3.8) is 0 Å². The van der Waals surface area contributed by atoms with Crippen molar-refractivity contribution in [3.05, 3.63) is 29.0 Å². The van der Waals surface area contributed by atoms with Crippen LogP contribution in [0.4, 0.5) is 4.79 Å². The fourth-order valence-electron chi connectivity index (χ4n) is 1.93. The quantitative estimate of drug-likeness (QED) is 0.731. The van der Waals surface area contributed by atoms with Crippen molar-refractivity contribution in [1.29, 1.82) is 0 Å². The predicted molar refractivity (Wildman–Crippen MR) is 108 cm³/mol.